The van der Waals surface area contributed by atoms with Gasteiger partial charge in [-0.25, -0.2) is 0 Å². The number of phenolic OH excluding ortho intramolecular Hbond substituents is 1. The molecule has 2 N–H and O–H groups in total. The van der Waals surface area contributed by atoms with Crippen molar-refractivity contribution in [2.24, 2.45) is 5.92 Å². The second-order valence-electron chi connectivity index (χ2n) is 8.17. The Balaban J connectivity index is 1.81. The molecule has 4 nitrogen and oxygen atoms in total. The summed E-state index contributed by atoms with van der Waals surface area (Å²) < 4.78 is 5.67. The fourth-order valence-electron chi connectivity index (χ4n) is 4.13. The quantitative estimate of drug-likeness (QED) is 0.805. The summed E-state index contributed by atoms with van der Waals surface area (Å²) in [6, 6.07) is 7.72. The lowest BCUT2D eigenvalue weighted by molar-refractivity contribution is -0.0132. The van der Waals surface area contributed by atoms with E-state index in [2.05, 4.69) is 23.8 Å². The third-order valence-corrected chi connectivity index (χ3v) is 6.30. The first-order chi connectivity index (χ1) is 13.0. The van der Waals surface area contributed by atoms with Gasteiger partial charge in [-0.1, -0.05) is 18.1 Å². The van der Waals surface area contributed by atoms with Crippen LogP contribution in [0.3, 0.4) is 0 Å². The highest BCUT2D eigenvalue weighted by Crippen LogP contribution is 2.44. The Morgan fingerprint density at radius 1 is 1.26 bits per heavy atom. The summed E-state index contributed by atoms with van der Waals surface area (Å²) in [7, 11) is 1.76. The molecule has 2 aromatic carbocycles. The molecule has 2 aliphatic rings. The minimum Gasteiger partial charge on any atom is -0.507 e. The van der Waals surface area contributed by atoms with E-state index in [1.807, 2.05) is 12.1 Å². The molecular weight excluding hydrogens is 338 g/mol. The van der Waals surface area contributed by atoms with Gasteiger partial charge >= 0.3 is 0 Å². The number of piperidine rings is 1. The minimum absolute atomic E-state index is 0.118. The molecule has 0 amide bonds. The molecule has 27 heavy (non-hydrogen) atoms. The van der Waals surface area contributed by atoms with Crippen LogP contribution >= 0.6 is 0 Å². The number of rotatable bonds is 4. The molecule has 1 aliphatic heterocycles. The molecule has 1 atom stereocenters. The van der Waals surface area contributed by atoms with Crippen LogP contribution in [0.4, 0.5) is 5.69 Å². The Morgan fingerprint density at radius 3 is 2.56 bits per heavy atom. The first kappa shape index (κ1) is 18.2. The van der Waals surface area contributed by atoms with E-state index in [0.717, 1.165) is 60.8 Å². The van der Waals surface area contributed by atoms with Crippen molar-refractivity contribution < 1.29 is 14.9 Å². The minimum atomic E-state index is -0.427. The smallest absolute Gasteiger partial charge is 0.133 e. The van der Waals surface area contributed by atoms with Crippen molar-refractivity contribution >= 4 is 16.5 Å². The number of aliphatic hydroxyl groups is 1. The number of ether oxygens (including phenoxy) is 1. The molecule has 1 aliphatic carbocycles. The molecule has 4 rings (SSSR count). The Bertz CT molecular complexity index is 902. The molecule has 2 fully saturated rings. The van der Waals surface area contributed by atoms with Gasteiger partial charge < -0.3 is 19.8 Å². The highest BCUT2D eigenvalue weighted by atomic mass is 16.5. The van der Waals surface area contributed by atoms with Crippen molar-refractivity contribution in [3.05, 3.63) is 35.4 Å². The van der Waals surface area contributed by atoms with Crippen LogP contribution in [-0.4, -0.2) is 36.0 Å². The molecule has 1 unspecified atom stereocenters. The average Bonchev–Trinajstić information content (AvgIpc) is 3.52. The van der Waals surface area contributed by atoms with Gasteiger partial charge in [0, 0.05) is 25.6 Å². The lowest BCUT2D eigenvalue weighted by Crippen LogP contribution is -2.44. The number of aromatic hydroxyl groups is 1. The van der Waals surface area contributed by atoms with Gasteiger partial charge in [-0.15, -0.1) is 6.42 Å². The standard InChI is InChI=1S/C23H27NO3/c1-4-18-20(25)14-16-7-8-17(22(26)15-5-6-15)13-19(16)21(18)24-11-9-23(2,27-3)10-12-24/h1,7-8,13-15,22,25-26H,5-6,9-12H2,2-3H3. The van der Waals surface area contributed by atoms with Crippen LogP contribution < -0.4 is 4.90 Å². The highest BCUT2D eigenvalue weighted by Gasteiger charge is 2.33. The van der Waals surface area contributed by atoms with E-state index < -0.39 is 6.10 Å². The van der Waals surface area contributed by atoms with E-state index >= 15 is 0 Å². The Hall–Kier alpha value is -2.22. The zero-order chi connectivity index (χ0) is 19.2. The number of methoxy groups -OCH3 is 1. The molecule has 1 saturated heterocycles. The summed E-state index contributed by atoms with van der Waals surface area (Å²) in [5, 5.41) is 23.0. The van der Waals surface area contributed by atoms with Crippen LogP contribution in [0, 0.1) is 18.3 Å². The van der Waals surface area contributed by atoms with Crippen molar-refractivity contribution in [1.82, 2.24) is 0 Å². The maximum Gasteiger partial charge on any atom is 0.133 e. The number of anilines is 1. The van der Waals surface area contributed by atoms with Crippen LogP contribution in [0.1, 0.15) is 49.8 Å². The van der Waals surface area contributed by atoms with Crippen molar-refractivity contribution in [2.45, 2.75) is 44.3 Å². The molecular formula is C23H27NO3. The monoisotopic (exact) mass is 365 g/mol. The van der Waals surface area contributed by atoms with E-state index in [1.54, 1.807) is 13.2 Å². The Morgan fingerprint density at radius 2 is 1.96 bits per heavy atom. The van der Waals surface area contributed by atoms with Crippen LogP contribution in [0.15, 0.2) is 24.3 Å². The van der Waals surface area contributed by atoms with E-state index in [4.69, 9.17) is 11.2 Å². The molecule has 1 saturated carbocycles. The normalized spacial score (nSPS) is 20.4. The summed E-state index contributed by atoms with van der Waals surface area (Å²) in [5.74, 6) is 3.19. The summed E-state index contributed by atoms with van der Waals surface area (Å²) in [6.07, 6.45) is 9.31. The lowest BCUT2D eigenvalue weighted by Gasteiger charge is -2.40. The second kappa shape index (κ2) is 6.74. The molecule has 0 spiro atoms. The van der Waals surface area contributed by atoms with E-state index in [9.17, 15) is 10.2 Å². The third kappa shape index (κ3) is 3.26. The molecule has 4 heteroatoms. The molecule has 0 aromatic heterocycles. The number of phenols is 1. The number of hydrogen-bond acceptors (Lipinski definition) is 4. The number of aliphatic hydroxyl groups excluding tert-OH is 1. The summed E-state index contributed by atoms with van der Waals surface area (Å²) >= 11 is 0. The topological polar surface area (TPSA) is 52.9 Å². The van der Waals surface area contributed by atoms with Crippen LogP contribution in [0.25, 0.3) is 10.8 Å². The second-order valence-corrected chi connectivity index (χ2v) is 8.17. The number of fused-ring (bicyclic) bond motifs is 1. The van der Waals surface area contributed by atoms with Gasteiger partial charge in [0.05, 0.1) is 23.0 Å². The molecule has 1 heterocycles. The van der Waals surface area contributed by atoms with Gasteiger partial charge in [0.25, 0.3) is 0 Å². The van der Waals surface area contributed by atoms with Crippen molar-refractivity contribution in [1.29, 1.82) is 0 Å². The van der Waals surface area contributed by atoms with Crippen LogP contribution in [-0.2, 0) is 4.74 Å². The largest absolute Gasteiger partial charge is 0.507 e. The van der Waals surface area contributed by atoms with Crippen molar-refractivity contribution in [3.8, 4) is 18.1 Å². The van der Waals surface area contributed by atoms with Gasteiger partial charge in [0.15, 0.2) is 0 Å². The van der Waals surface area contributed by atoms with Gasteiger partial charge in [-0.2, -0.15) is 0 Å². The first-order valence-electron chi connectivity index (χ1n) is 9.70. The van der Waals surface area contributed by atoms with Crippen molar-refractivity contribution in [3.63, 3.8) is 0 Å². The fraction of sp³-hybridized carbons (Fsp3) is 0.478. The molecule has 0 radical (unpaired) electrons. The van der Waals surface area contributed by atoms with E-state index in [0.29, 0.717) is 11.5 Å². The lowest BCUT2D eigenvalue weighted by atomic mass is 9.91. The summed E-state index contributed by atoms with van der Waals surface area (Å²) in [4.78, 5) is 2.26. The SMILES string of the molecule is C#Cc1c(O)cc2ccc(C(O)C3CC3)cc2c1N1CCC(C)(OC)CC1. The fourth-order valence-corrected chi connectivity index (χ4v) is 4.13. The number of hydrogen-bond donors (Lipinski definition) is 2. The third-order valence-electron chi connectivity index (χ3n) is 6.30. The van der Waals surface area contributed by atoms with Gasteiger partial charge in [-0.3, -0.25) is 0 Å². The van der Waals surface area contributed by atoms with Gasteiger partial charge in [0.2, 0.25) is 0 Å². The van der Waals surface area contributed by atoms with Gasteiger partial charge in [-0.05, 0) is 61.6 Å². The zero-order valence-electron chi connectivity index (χ0n) is 16.0. The Kier molecular flexibility index (Phi) is 4.53. The van der Waals surface area contributed by atoms with Crippen molar-refractivity contribution in [2.75, 3.05) is 25.1 Å². The average molecular weight is 365 g/mol. The predicted molar refractivity (Wildman–Crippen MR) is 108 cm³/mol. The number of terminal acetylenes is 1. The molecule has 142 valence electrons. The van der Waals surface area contributed by atoms with Crippen LogP contribution in [0.2, 0.25) is 0 Å². The van der Waals surface area contributed by atoms with E-state index in [1.165, 1.54) is 0 Å². The zero-order valence-corrected chi connectivity index (χ0v) is 16.0. The number of benzene rings is 2. The number of nitrogens with zero attached hydrogens (tertiary/aromatic N) is 1. The first-order valence-corrected chi connectivity index (χ1v) is 9.70. The van der Waals surface area contributed by atoms with Crippen LogP contribution in [0.5, 0.6) is 5.75 Å². The maximum absolute atomic E-state index is 10.6. The molecule has 0 bridgehead atoms. The highest BCUT2D eigenvalue weighted by molar-refractivity contribution is 5.99. The maximum atomic E-state index is 10.6. The summed E-state index contributed by atoms with van der Waals surface area (Å²) in [5.41, 5.74) is 2.24. The van der Waals surface area contributed by atoms with E-state index in [-0.39, 0.29) is 11.4 Å². The molecule has 2 aromatic rings. The van der Waals surface area contributed by atoms with Gasteiger partial charge in [0.1, 0.15) is 5.75 Å². The predicted octanol–water partition coefficient (Wildman–Crippen LogP) is 3.98. The summed E-state index contributed by atoms with van der Waals surface area (Å²) in [6.45, 7) is 3.76. The Labute approximate surface area is 160 Å².